The Labute approximate surface area is 82.7 Å². The van der Waals surface area contributed by atoms with Crippen molar-refractivity contribution in [2.24, 2.45) is 0 Å². The highest BCUT2D eigenvalue weighted by atomic mass is 19.1. The predicted octanol–water partition coefficient (Wildman–Crippen LogP) is 1.11. The van der Waals surface area contributed by atoms with E-state index in [9.17, 15) is 4.39 Å². The van der Waals surface area contributed by atoms with Crippen LogP contribution in [0.15, 0.2) is 18.3 Å². The number of hydrogen-bond acceptors (Lipinski definition) is 3. The second kappa shape index (κ2) is 4.00. The Balaban J connectivity index is 2.02. The van der Waals surface area contributed by atoms with E-state index < -0.39 is 5.67 Å². The van der Waals surface area contributed by atoms with Crippen LogP contribution in [-0.4, -0.2) is 29.0 Å². The van der Waals surface area contributed by atoms with Gasteiger partial charge in [0.25, 0.3) is 0 Å². The molecular formula is C10H14FN3. The molecule has 0 aliphatic carbocycles. The maximum Gasteiger partial charge on any atom is 0.119 e. The Kier molecular flexibility index (Phi) is 2.72. The molecule has 1 aromatic heterocycles. The number of halogens is 1. The molecule has 1 aromatic rings. The van der Waals surface area contributed by atoms with Crippen LogP contribution in [0.3, 0.4) is 0 Å². The summed E-state index contributed by atoms with van der Waals surface area (Å²) < 4.78 is 14.2. The second-order valence-corrected chi connectivity index (χ2v) is 3.79. The number of hydrogen-bond donors (Lipinski definition) is 1. The van der Waals surface area contributed by atoms with E-state index in [0.29, 0.717) is 19.3 Å². The summed E-state index contributed by atoms with van der Waals surface area (Å²) in [5, 5.41) is 10.8. The van der Waals surface area contributed by atoms with E-state index in [1.165, 1.54) is 0 Å². The lowest BCUT2D eigenvalue weighted by Crippen LogP contribution is -2.40. The number of aromatic nitrogens is 2. The Morgan fingerprint density at radius 3 is 2.86 bits per heavy atom. The SMILES string of the molecule is FC1(Cc2cccnn2)CCNCC1. The van der Waals surface area contributed by atoms with Gasteiger partial charge >= 0.3 is 0 Å². The van der Waals surface area contributed by atoms with Crippen molar-refractivity contribution in [3.05, 3.63) is 24.0 Å². The fourth-order valence-corrected chi connectivity index (χ4v) is 1.80. The smallest absolute Gasteiger partial charge is 0.119 e. The molecule has 3 nitrogen and oxygen atoms in total. The molecule has 1 aliphatic heterocycles. The molecule has 1 N–H and O–H groups in total. The van der Waals surface area contributed by atoms with Gasteiger partial charge in [-0.05, 0) is 38.1 Å². The zero-order valence-corrected chi connectivity index (χ0v) is 8.04. The van der Waals surface area contributed by atoms with Gasteiger partial charge in [0, 0.05) is 12.6 Å². The van der Waals surface area contributed by atoms with Crippen LogP contribution in [0.4, 0.5) is 4.39 Å². The zero-order chi connectivity index (χ0) is 9.86. The number of nitrogens with zero attached hydrogens (tertiary/aromatic N) is 2. The lowest BCUT2D eigenvalue weighted by Gasteiger charge is -2.29. The Morgan fingerprint density at radius 2 is 2.21 bits per heavy atom. The number of nitrogens with one attached hydrogen (secondary N) is 1. The van der Waals surface area contributed by atoms with Gasteiger partial charge in [0.2, 0.25) is 0 Å². The minimum atomic E-state index is -1.08. The van der Waals surface area contributed by atoms with Crippen molar-refractivity contribution >= 4 is 0 Å². The summed E-state index contributed by atoms with van der Waals surface area (Å²) in [5.41, 5.74) is -0.335. The lowest BCUT2D eigenvalue weighted by molar-refractivity contribution is 0.115. The fraction of sp³-hybridized carbons (Fsp3) is 0.600. The third-order valence-corrected chi connectivity index (χ3v) is 2.63. The summed E-state index contributed by atoms with van der Waals surface area (Å²) >= 11 is 0. The van der Waals surface area contributed by atoms with Crippen molar-refractivity contribution in [3.63, 3.8) is 0 Å². The minimum absolute atomic E-state index is 0.391. The van der Waals surface area contributed by atoms with E-state index in [1.807, 2.05) is 6.07 Å². The monoisotopic (exact) mass is 195 g/mol. The highest BCUT2D eigenvalue weighted by Crippen LogP contribution is 2.26. The fourth-order valence-electron chi connectivity index (χ4n) is 1.80. The molecule has 0 aromatic carbocycles. The zero-order valence-electron chi connectivity index (χ0n) is 8.04. The summed E-state index contributed by atoms with van der Waals surface area (Å²) in [6.07, 6.45) is 3.15. The van der Waals surface area contributed by atoms with Crippen LogP contribution in [0.2, 0.25) is 0 Å². The highest BCUT2D eigenvalue weighted by Gasteiger charge is 2.32. The van der Waals surface area contributed by atoms with Gasteiger partial charge in [0.1, 0.15) is 5.67 Å². The topological polar surface area (TPSA) is 37.8 Å². The highest BCUT2D eigenvalue weighted by molar-refractivity contribution is 5.05. The summed E-state index contributed by atoms with van der Waals surface area (Å²) in [7, 11) is 0. The van der Waals surface area contributed by atoms with Crippen molar-refractivity contribution in [1.82, 2.24) is 15.5 Å². The maximum atomic E-state index is 14.2. The van der Waals surface area contributed by atoms with E-state index in [1.54, 1.807) is 12.3 Å². The van der Waals surface area contributed by atoms with E-state index in [2.05, 4.69) is 15.5 Å². The van der Waals surface area contributed by atoms with Crippen molar-refractivity contribution < 1.29 is 4.39 Å². The summed E-state index contributed by atoms with van der Waals surface area (Å²) in [4.78, 5) is 0. The maximum absolute atomic E-state index is 14.2. The van der Waals surface area contributed by atoms with Crippen molar-refractivity contribution in [2.75, 3.05) is 13.1 Å². The van der Waals surface area contributed by atoms with Gasteiger partial charge in [0.15, 0.2) is 0 Å². The van der Waals surface area contributed by atoms with Gasteiger partial charge in [-0.1, -0.05) is 0 Å². The molecule has 0 unspecified atom stereocenters. The molecule has 1 aliphatic rings. The van der Waals surface area contributed by atoms with Gasteiger partial charge in [-0.25, -0.2) is 4.39 Å². The van der Waals surface area contributed by atoms with E-state index in [-0.39, 0.29) is 0 Å². The first-order valence-electron chi connectivity index (χ1n) is 4.95. The number of alkyl halides is 1. The predicted molar refractivity (Wildman–Crippen MR) is 51.7 cm³/mol. The van der Waals surface area contributed by atoms with Crippen LogP contribution in [0.5, 0.6) is 0 Å². The third kappa shape index (κ3) is 2.26. The average molecular weight is 195 g/mol. The molecule has 1 saturated heterocycles. The molecular weight excluding hydrogens is 181 g/mol. The van der Waals surface area contributed by atoms with Crippen LogP contribution in [-0.2, 0) is 6.42 Å². The number of piperidine rings is 1. The molecule has 2 heterocycles. The molecule has 0 bridgehead atoms. The van der Waals surface area contributed by atoms with Gasteiger partial charge < -0.3 is 5.32 Å². The Morgan fingerprint density at radius 1 is 1.43 bits per heavy atom. The van der Waals surface area contributed by atoms with Crippen LogP contribution < -0.4 is 5.32 Å². The number of rotatable bonds is 2. The molecule has 0 saturated carbocycles. The molecule has 0 amide bonds. The molecule has 76 valence electrons. The van der Waals surface area contributed by atoms with Crippen molar-refractivity contribution in [3.8, 4) is 0 Å². The molecule has 0 spiro atoms. The van der Waals surface area contributed by atoms with Crippen molar-refractivity contribution in [1.29, 1.82) is 0 Å². The van der Waals surface area contributed by atoms with Crippen molar-refractivity contribution in [2.45, 2.75) is 24.9 Å². The lowest BCUT2D eigenvalue weighted by atomic mass is 9.90. The molecule has 0 atom stereocenters. The first kappa shape index (κ1) is 9.52. The van der Waals surface area contributed by atoms with Crippen LogP contribution in [0, 0.1) is 0 Å². The van der Waals surface area contributed by atoms with Gasteiger partial charge in [-0.15, -0.1) is 0 Å². The molecule has 14 heavy (non-hydrogen) atoms. The summed E-state index contributed by atoms with van der Waals surface area (Å²) in [6.45, 7) is 1.52. The molecule has 4 heteroatoms. The molecule has 0 radical (unpaired) electrons. The average Bonchev–Trinajstić information content (AvgIpc) is 2.19. The van der Waals surface area contributed by atoms with E-state index >= 15 is 0 Å². The van der Waals surface area contributed by atoms with E-state index in [0.717, 1.165) is 18.8 Å². The largest absolute Gasteiger partial charge is 0.316 e. The first-order valence-corrected chi connectivity index (χ1v) is 4.95. The quantitative estimate of drug-likeness (QED) is 0.768. The summed E-state index contributed by atoms with van der Waals surface area (Å²) in [6, 6.07) is 3.63. The Bertz CT molecular complexity index is 283. The minimum Gasteiger partial charge on any atom is -0.316 e. The molecule has 1 fully saturated rings. The van der Waals surface area contributed by atoms with Crippen LogP contribution in [0.1, 0.15) is 18.5 Å². The Hall–Kier alpha value is -1.03. The van der Waals surface area contributed by atoms with Gasteiger partial charge in [0.05, 0.1) is 5.69 Å². The first-order chi connectivity index (χ1) is 6.79. The van der Waals surface area contributed by atoms with E-state index in [4.69, 9.17) is 0 Å². The summed E-state index contributed by atoms with van der Waals surface area (Å²) in [5.74, 6) is 0. The standard InChI is InChI=1S/C10H14FN3/c11-10(3-6-12-7-4-10)8-9-2-1-5-13-14-9/h1-2,5,12H,3-4,6-8H2. The van der Waals surface area contributed by atoms with Crippen LogP contribution >= 0.6 is 0 Å². The van der Waals surface area contributed by atoms with Crippen LogP contribution in [0.25, 0.3) is 0 Å². The molecule has 2 rings (SSSR count). The van der Waals surface area contributed by atoms with Gasteiger partial charge in [-0.3, -0.25) is 0 Å². The van der Waals surface area contributed by atoms with Gasteiger partial charge in [-0.2, -0.15) is 10.2 Å². The second-order valence-electron chi connectivity index (χ2n) is 3.79. The third-order valence-electron chi connectivity index (χ3n) is 2.63. The normalized spacial score (nSPS) is 20.6.